The van der Waals surface area contributed by atoms with E-state index in [9.17, 15) is 34.2 Å². The van der Waals surface area contributed by atoms with Crippen LogP contribution in [0.25, 0.3) is 0 Å². The van der Waals surface area contributed by atoms with Crippen molar-refractivity contribution in [3.05, 3.63) is 62.6 Å². The van der Waals surface area contributed by atoms with Crippen molar-refractivity contribution in [2.75, 3.05) is 5.32 Å². The molecule has 9 heteroatoms. The third-order valence-corrected chi connectivity index (χ3v) is 7.00. The van der Waals surface area contributed by atoms with E-state index in [-0.39, 0.29) is 50.8 Å². The lowest BCUT2D eigenvalue weighted by Crippen LogP contribution is -2.30. The summed E-state index contributed by atoms with van der Waals surface area (Å²) in [5, 5.41) is 21.6. The Labute approximate surface area is 197 Å². The van der Waals surface area contributed by atoms with Crippen LogP contribution < -0.4 is 5.32 Å². The van der Waals surface area contributed by atoms with Crippen LogP contribution in [0.1, 0.15) is 80.7 Å². The van der Waals surface area contributed by atoms with Gasteiger partial charge in [0.05, 0.1) is 28.8 Å². The molecule has 4 rings (SSSR count). The number of hydrogen-bond acceptors (Lipinski definition) is 5. The molecular formula is C24H20BrNO7. The third kappa shape index (κ3) is 4.08. The second kappa shape index (κ2) is 8.55. The topological polar surface area (TPSA) is 138 Å². The Kier molecular flexibility index (Phi) is 5.92. The zero-order chi connectivity index (χ0) is 23.9. The van der Waals surface area contributed by atoms with Gasteiger partial charge < -0.3 is 15.5 Å². The minimum absolute atomic E-state index is 0.0138. The van der Waals surface area contributed by atoms with Gasteiger partial charge in [0.25, 0.3) is 0 Å². The molecule has 8 nitrogen and oxygen atoms in total. The zero-order valence-electron chi connectivity index (χ0n) is 17.4. The Morgan fingerprint density at radius 2 is 1.52 bits per heavy atom. The van der Waals surface area contributed by atoms with Gasteiger partial charge in [-0.05, 0) is 40.3 Å². The van der Waals surface area contributed by atoms with Crippen molar-refractivity contribution in [1.82, 2.24) is 0 Å². The number of halogens is 1. The van der Waals surface area contributed by atoms with Crippen molar-refractivity contribution in [2.24, 2.45) is 5.41 Å². The highest BCUT2D eigenvalue weighted by Crippen LogP contribution is 2.45. The van der Waals surface area contributed by atoms with E-state index in [2.05, 4.69) is 21.2 Å². The number of aliphatic carboxylic acids is 1. The molecule has 0 aromatic heterocycles. The van der Waals surface area contributed by atoms with Crippen LogP contribution >= 0.6 is 15.9 Å². The van der Waals surface area contributed by atoms with E-state index in [1.54, 1.807) is 12.1 Å². The first-order valence-corrected chi connectivity index (χ1v) is 11.2. The van der Waals surface area contributed by atoms with Gasteiger partial charge in [0, 0.05) is 22.0 Å². The Balaban J connectivity index is 1.79. The van der Waals surface area contributed by atoms with Crippen LogP contribution in [0, 0.1) is 5.41 Å². The van der Waals surface area contributed by atoms with Gasteiger partial charge in [0.2, 0.25) is 5.91 Å². The molecule has 3 N–H and O–H groups in total. The van der Waals surface area contributed by atoms with Gasteiger partial charge in [-0.15, -0.1) is 0 Å². The highest BCUT2D eigenvalue weighted by Gasteiger charge is 2.40. The highest BCUT2D eigenvalue weighted by atomic mass is 79.9. The van der Waals surface area contributed by atoms with Crippen LogP contribution in [0.2, 0.25) is 0 Å². The van der Waals surface area contributed by atoms with Crippen LogP contribution in [0.4, 0.5) is 5.69 Å². The number of benzene rings is 2. The number of ketones is 2. The Morgan fingerprint density at radius 3 is 2.06 bits per heavy atom. The highest BCUT2D eigenvalue weighted by molar-refractivity contribution is 9.10. The molecule has 0 aliphatic heterocycles. The lowest BCUT2D eigenvalue weighted by atomic mass is 9.79. The molecule has 2 aromatic carbocycles. The molecule has 1 saturated carbocycles. The summed E-state index contributed by atoms with van der Waals surface area (Å²) in [6, 6.07) is 7.41. The summed E-state index contributed by atoms with van der Waals surface area (Å²) in [6.45, 7) is 0. The molecular weight excluding hydrogens is 494 g/mol. The molecule has 2 aliphatic rings. The summed E-state index contributed by atoms with van der Waals surface area (Å²) in [7, 11) is 0. The number of fused-ring (bicyclic) bond motifs is 2. The van der Waals surface area contributed by atoms with Crippen LogP contribution in [-0.4, -0.2) is 39.6 Å². The maximum absolute atomic E-state index is 13.3. The Hall–Kier alpha value is -3.33. The van der Waals surface area contributed by atoms with Gasteiger partial charge >= 0.3 is 11.9 Å². The van der Waals surface area contributed by atoms with Gasteiger partial charge in [0.1, 0.15) is 0 Å². The molecule has 0 bridgehead atoms. The van der Waals surface area contributed by atoms with E-state index in [4.69, 9.17) is 0 Å². The summed E-state index contributed by atoms with van der Waals surface area (Å²) in [6.07, 6.45) is 2.46. The first kappa shape index (κ1) is 22.8. The first-order chi connectivity index (χ1) is 15.6. The number of nitrogens with one attached hydrogen (secondary N) is 1. The number of aromatic carboxylic acids is 1. The molecule has 2 aromatic rings. The quantitative estimate of drug-likeness (QED) is 0.446. The number of carbonyl (C=O) groups is 5. The zero-order valence-corrected chi connectivity index (χ0v) is 19.0. The van der Waals surface area contributed by atoms with E-state index in [0.29, 0.717) is 12.8 Å². The smallest absolute Gasteiger partial charge is 0.337 e. The molecule has 0 heterocycles. The fourth-order valence-corrected chi connectivity index (χ4v) is 5.54. The molecule has 170 valence electrons. The third-order valence-electron chi connectivity index (χ3n) is 6.37. The predicted octanol–water partition coefficient (Wildman–Crippen LogP) is 4.29. The van der Waals surface area contributed by atoms with E-state index >= 15 is 0 Å². The largest absolute Gasteiger partial charge is 0.481 e. The summed E-state index contributed by atoms with van der Waals surface area (Å²) >= 11 is 3.21. The van der Waals surface area contributed by atoms with E-state index in [1.165, 1.54) is 18.2 Å². The molecule has 0 atom stereocenters. The molecule has 0 unspecified atom stereocenters. The molecule has 0 spiro atoms. The summed E-state index contributed by atoms with van der Waals surface area (Å²) in [5.41, 5.74) is -1.19. The van der Waals surface area contributed by atoms with Crippen molar-refractivity contribution in [1.29, 1.82) is 0 Å². The van der Waals surface area contributed by atoms with Crippen molar-refractivity contribution < 1.29 is 34.2 Å². The van der Waals surface area contributed by atoms with Crippen molar-refractivity contribution >= 4 is 51.0 Å². The Morgan fingerprint density at radius 1 is 0.939 bits per heavy atom. The number of hydrogen-bond donors (Lipinski definition) is 3. The second-order valence-electron chi connectivity index (χ2n) is 8.54. The number of carbonyl (C=O) groups excluding carboxylic acids is 3. The van der Waals surface area contributed by atoms with Crippen LogP contribution in [0.5, 0.6) is 0 Å². The van der Waals surface area contributed by atoms with Gasteiger partial charge in [-0.1, -0.05) is 37.1 Å². The van der Waals surface area contributed by atoms with Gasteiger partial charge in [0.15, 0.2) is 11.6 Å². The monoisotopic (exact) mass is 513 g/mol. The summed E-state index contributed by atoms with van der Waals surface area (Å²) < 4.78 is 0.138. The van der Waals surface area contributed by atoms with Gasteiger partial charge in [-0.2, -0.15) is 0 Å². The fraction of sp³-hybridized carbons (Fsp3) is 0.292. The molecule has 2 aliphatic carbocycles. The minimum Gasteiger partial charge on any atom is -0.481 e. The molecule has 0 saturated heterocycles. The van der Waals surface area contributed by atoms with E-state index < -0.39 is 34.8 Å². The summed E-state index contributed by atoms with van der Waals surface area (Å²) in [5.74, 6) is -4.01. The van der Waals surface area contributed by atoms with Crippen LogP contribution in [0.3, 0.4) is 0 Å². The fourth-order valence-electron chi connectivity index (χ4n) is 4.93. The van der Waals surface area contributed by atoms with Crippen molar-refractivity contribution in [3.8, 4) is 0 Å². The number of rotatable bonds is 6. The van der Waals surface area contributed by atoms with Crippen LogP contribution in [-0.2, 0) is 9.59 Å². The molecule has 1 fully saturated rings. The minimum atomic E-state index is -1.38. The second-order valence-corrected chi connectivity index (χ2v) is 9.40. The SMILES string of the molecule is O=C(O)CC1(CC(=O)Nc2c(C(=O)O)cc(Br)c3c2C(=O)c2ccccc2C3=O)CCCC1. The maximum Gasteiger partial charge on any atom is 0.337 e. The number of carboxylic acids is 2. The average molecular weight is 514 g/mol. The number of carboxylic acid groups (broad SMARTS) is 2. The lowest BCUT2D eigenvalue weighted by Gasteiger charge is -2.27. The van der Waals surface area contributed by atoms with Crippen LogP contribution in [0.15, 0.2) is 34.8 Å². The first-order valence-electron chi connectivity index (χ1n) is 10.4. The number of amides is 1. The van der Waals surface area contributed by atoms with Crippen molar-refractivity contribution in [2.45, 2.75) is 38.5 Å². The lowest BCUT2D eigenvalue weighted by molar-refractivity contribution is -0.140. The van der Waals surface area contributed by atoms with E-state index in [0.717, 1.165) is 12.8 Å². The normalized spacial score (nSPS) is 16.2. The van der Waals surface area contributed by atoms with Crippen molar-refractivity contribution in [3.63, 3.8) is 0 Å². The van der Waals surface area contributed by atoms with E-state index in [1.807, 2.05) is 0 Å². The van der Waals surface area contributed by atoms with Gasteiger partial charge in [-0.3, -0.25) is 19.2 Å². The summed E-state index contributed by atoms with van der Waals surface area (Å²) in [4.78, 5) is 62.9. The molecule has 0 radical (unpaired) electrons. The average Bonchev–Trinajstić information content (AvgIpc) is 3.19. The number of anilines is 1. The molecule has 33 heavy (non-hydrogen) atoms. The molecule has 1 amide bonds. The van der Waals surface area contributed by atoms with Gasteiger partial charge in [-0.25, -0.2) is 4.79 Å². The maximum atomic E-state index is 13.3. The predicted molar refractivity (Wildman–Crippen MR) is 121 cm³/mol. The standard InChI is InChI=1S/C24H20BrNO7/c25-15-9-14(23(32)33)20(26-16(27)10-24(11-17(28)29)7-3-4-8-24)19-18(15)21(30)12-5-1-2-6-13(12)22(19)31/h1-2,5-6,9H,3-4,7-8,10-11H2,(H,26,27)(H,28,29)(H,32,33). The Bertz CT molecular complexity index is 1230.